The van der Waals surface area contributed by atoms with Crippen LogP contribution in [-0.2, 0) is 4.74 Å². The highest BCUT2D eigenvalue weighted by atomic mass is 79.9. The van der Waals surface area contributed by atoms with Crippen molar-refractivity contribution in [2.24, 2.45) is 0 Å². The number of nitrogens with zero attached hydrogens (tertiary/aromatic N) is 1. The van der Waals surface area contributed by atoms with E-state index in [0.717, 1.165) is 9.37 Å². The number of ketones is 1. The van der Waals surface area contributed by atoms with E-state index < -0.39 is 24.4 Å². The minimum Gasteiger partial charge on any atom is -0.454 e. The molecule has 0 bridgehead atoms. The predicted molar refractivity (Wildman–Crippen MR) is 120 cm³/mol. The molecule has 0 aliphatic carbocycles. The first-order valence-corrected chi connectivity index (χ1v) is 10.7. The number of anilines is 1. The number of ether oxygens (including phenoxy) is 1. The first kappa shape index (κ1) is 21.1. The van der Waals surface area contributed by atoms with E-state index in [4.69, 9.17) is 4.74 Å². The molecule has 0 saturated heterocycles. The van der Waals surface area contributed by atoms with Crippen molar-refractivity contribution >= 4 is 61.1 Å². The number of benzene rings is 3. The number of Topliss-reactive ketones (excluding diaryl/α,β-unsaturated/α-hetero) is 1. The number of hydrogen-bond donors (Lipinski definition) is 0. The molecule has 31 heavy (non-hydrogen) atoms. The highest BCUT2D eigenvalue weighted by molar-refractivity contribution is 9.10. The zero-order chi connectivity index (χ0) is 22.1. The van der Waals surface area contributed by atoms with Gasteiger partial charge in [-0.1, -0.05) is 44.0 Å². The van der Waals surface area contributed by atoms with Gasteiger partial charge in [-0.2, -0.15) is 0 Å². The lowest BCUT2D eigenvalue weighted by Crippen LogP contribution is -2.29. The number of halogens is 2. The summed E-state index contributed by atoms with van der Waals surface area (Å²) in [6.45, 7) is -0.393. The number of rotatable bonds is 5. The molecule has 3 aromatic rings. The van der Waals surface area contributed by atoms with Gasteiger partial charge in [-0.25, -0.2) is 9.69 Å². The standard InChI is InChI=1S/C23H13Br2NO5/c24-15-5-1-13(2-6-15)20(27)12-31-23(30)14-3-8-17(9-4-14)26-21(28)18-10-7-16(25)11-19(18)22(26)29/h1-11H,12H2. The molecule has 0 aromatic heterocycles. The van der Waals surface area contributed by atoms with Crippen molar-refractivity contribution in [2.45, 2.75) is 0 Å². The number of amides is 2. The zero-order valence-electron chi connectivity index (χ0n) is 15.8. The molecule has 1 aliphatic rings. The van der Waals surface area contributed by atoms with Crippen LogP contribution in [0.1, 0.15) is 41.4 Å². The number of fused-ring (bicyclic) bond motifs is 1. The molecule has 0 fully saturated rings. The van der Waals surface area contributed by atoms with Gasteiger partial charge in [0.15, 0.2) is 12.4 Å². The lowest BCUT2D eigenvalue weighted by molar-refractivity contribution is 0.0474. The first-order valence-electron chi connectivity index (χ1n) is 9.09. The number of carbonyl (C=O) groups excluding carboxylic acids is 4. The summed E-state index contributed by atoms with van der Waals surface area (Å²) in [7, 11) is 0. The van der Waals surface area contributed by atoms with E-state index in [-0.39, 0.29) is 11.3 Å². The molecule has 6 nitrogen and oxygen atoms in total. The largest absolute Gasteiger partial charge is 0.454 e. The highest BCUT2D eigenvalue weighted by Gasteiger charge is 2.36. The Bertz CT molecular complexity index is 1220. The molecule has 1 heterocycles. The molecule has 0 saturated carbocycles. The van der Waals surface area contributed by atoms with E-state index in [1.807, 2.05) is 0 Å². The van der Waals surface area contributed by atoms with Crippen molar-refractivity contribution in [2.75, 3.05) is 11.5 Å². The third kappa shape index (κ3) is 4.22. The van der Waals surface area contributed by atoms with Crippen LogP contribution in [0.2, 0.25) is 0 Å². The molecule has 0 unspecified atom stereocenters. The van der Waals surface area contributed by atoms with Gasteiger partial charge in [-0.15, -0.1) is 0 Å². The monoisotopic (exact) mass is 541 g/mol. The van der Waals surface area contributed by atoms with Crippen molar-refractivity contribution in [1.82, 2.24) is 0 Å². The second-order valence-corrected chi connectivity index (χ2v) is 8.52. The fraction of sp³-hybridized carbons (Fsp3) is 0.0435. The molecule has 1 aliphatic heterocycles. The summed E-state index contributed by atoms with van der Waals surface area (Å²) in [6, 6.07) is 17.5. The molecule has 0 spiro atoms. The maximum atomic E-state index is 12.7. The minimum absolute atomic E-state index is 0.201. The molecule has 154 valence electrons. The van der Waals surface area contributed by atoms with E-state index in [9.17, 15) is 19.2 Å². The maximum Gasteiger partial charge on any atom is 0.338 e. The topological polar surface area (TPSA) is 80.8 Å². The summed E-state index contributed by atoms with van der Waals surface area (Å²) in [5, 5.41) is 0. The second-order valence-electron chi connectivity index (χ2n) is 6.69. The number of carbonyl (C=O) groups is 4. The van der Waals surface area contributed by atoms with Gasteiger partial charge in [0.05, 0.1) is 22.4 Å². The highest BCUT2D eigenvalue weighted by Crippen LogP contribution is 2.30. The Hall–Kier alpha value is -3.10. The molecule has 8 heteroatoms. The molecule has 3 aromatic carbocycles. The Morgan fingerprint density at radius 3 is 2.00 bits per heavy atom. The van der Waals surface area contributed by atoms with Gasteiger partial charge in [0, 0.05) is 14.5 Å². The average Bonchev–Trinajstić information content (AvgIpc) is 3.02. The minimum atomic E-state index is -0.677. The lowest BCUT2D eigenvalue weighted by Gasteiger charge is -2.14. The third-order valence-electron chi connectivity index (χ3n) is 4.71. The van der Waals surface area contributed by atoms with Crippen molar-refractivity contribution in [3.8, 4) is 0 Å². The van der Waals surface area contributed by atoms with E-state index in [0.29, 0.717) is 26.9 Å². The summed E-state index contributed by atoms with van der Waals surface area (Å²) >= 11 is 6.59. The second kappa shape index (κ2) is 8.56. The van der Waals surface area contributed by atoms with Crippen molar-refractivity contribution < 1.29 is 23.9 Å². The molecule has 0 radical (unpaired) electrons. The van der Waals surface area contributed by atoms with Crippen LogP contribution >= 0.6 is 31.9 Å². The normalized spacial score (nSPS) is 12.6. The molecule has 0 atom stereocenters. The van der Waals surface area contributed by atoms with E-state index in [1.165, 1.54) is 24.3 Å². The third-order valence-corrected chi connectivity index (χ3v) is 5.73. The summed E-state index contributed by atoms with van der Waals surface area (Å²) in [6.07, 6.45) is 0. The summed E-state index contributed by atoms with van der Waals surface area (Å²) < 4.78 is 6.63. The van der Waals surface area contributed by atoms with Gasteiger partial charge in [0.1, 0.15) is 0 Å². The van der Waals surface area contributed by atoms with Crippen LogP contribution in [0.25, 0.3) is 0 Å². The van der Waals surface area contributed by atoms with Crippen LogP contribution in [0.5, 0.6) is 0 Å². The molecule has 4 rings (SSSR count). The fourth-order valence-electron chi connectivity index (χ4n) is 3.13. The van der Waals surface area contributed by atoms with Crippen LogP contribution in [0, 0.1) is 0 Å². The smallest absolute Gasteiger partial charge is 0.338 e. The Balaban J connectivity index is 1.44. The Morgan fingerprint density at radius 2 is 1.32 bits per heavy atom. The summed E-state index contributed by atoms with van der Waals surface area (Å²) in [4.78, 5) is 50.8. The Kier molecular flexibility index (Phi) is 5.84. The SMILES string of the molecule is O=C(COC(=O)c1ccc(N2C(=O)c3ccc(Br)cc3C2=O)cc1)c1ccc(Br)cc1. The van der Waals surface area contributed by atoms with Crippen molar-refractivity contribution in [3.05, 3.63) is 97.9 Å². The van der Waals surface area contributed by atoms with Crippen molar-refractivity contribution in [3.63, 3.8) is 0 Å². The van der Waals surface area contributed by atoms with Crippen LogP contribution in [0.4, 0.5) is 5.69 Å². The number of hydrogen-bond acceptors (Lipinski definition) is 5. The van der Waals surface area contributed by atoms with Gasteiger partial charge in [0.25, 0.3) is 11.8 Å². The van der Waals surface area contributed by atoms with Gasteiger partial charge in [-0.3, -0.25) is 14.4 Å². The van der Waals surface area contributed by atoms with Gasteiger partial charge >= 0.3 is 5.97 Å². The van der Waals surface area contributed by atoms with Gasteiger partial charge in [0.2, 0.25) is 0 Å². The van der Waals surface area contributed by atoms with E-state index in [2.05, 4.69) is 31.9 Å². The Morgan fingerprint density at radius 1 is 0.742 bits per heavy atom. The summed E-state index contributed by atoms with van der Waals surface area (Å²) in [5.41, 5.74) is 1.61. The molecular formula is C23H13Br2NO5. The van der Waals surface area contributed by atoms with E-state index in [1.54, 1.807) is 42.5 Å². The van der Waals surface area contributed by atoms with E-state index >= 15 is 0 Å². The predicted octanol–water partition coefficient (Wildman–Crippen LogP) is 5.05. The lowest BCUT2D eigenvalue weighted by atomic mass is 10.1. The Labute approximate surface area is 194 Å². The first-order chi connectivity index (χ1) is 14.8. The molecule has 2 amide bonds. The van der Waals surface area contributed by atoms with Crippen molar-refractivity contribution in [1.29, 1.82) is 0 Å². The van der Waals surface area contributed by atoms with Crippen LogP contribution in [0.15, 0.2) is 75.7 Å². The van der Waals surface area contributed by atoms with Crippen LogP contribution in [0.3, 0.4) is 0 Å². The van der Waals surface area contributed by atoms with Crippen LogP contribution < -0.4 is 4.90 Å². The fourth-order valence-corrected chi connectivity index (χ4v) is 3.75. The number of esters is 1. The molecular weight excluding hydrogens is 530 g/mol. The zero-order valence-corrected chi connectivity index (χ0v) is 19.0. The molecule has 0 N–H and O–H groups in total. The van der Waals surface area contributed by atoms with Crippen LogP contribution in [-0.4, -0.2) is 30.2 Å². The summed E-state index contributed by atoms with van der Waals surface area (Å²) in [5.74, 6) is -1.86. The maximum absolute atomic E-state index is 12.7. The number of imide groups is 1. The average molecular weight is 543 g/mol. The van der Waals surface area contributed by atoms with Gasteiger partial charge < -0.3 is 4.74 Å². The quantitative estimate of drug-likeness (QED) is 0.256. The van der Waals surface area contributed by atoms with Gasteiger partial charge in [-0.05, 0) is 54.6 Å².